The molecule has 126 valence electrons. The van der Waals surface area contributed by atoms with E-state index in [1.807, 2.05) is 0 Å². The third-order valence-electron chi connectivity index (χ3n) is 7.52. The Morgan fingerprint density at radius 3 is 2.55 bits per heavy atom. The van der Waals surface area contributed by atoms with E-state index in [4.69, 9.17) is 4.74 Å². The Bertz CT molecular complexity index is 480. The number of ether oxygens (including phenoxy) is 1. The van der Waals surface area contributed by atoms with E-state index in [0.717, 1.165) is 19.3 Å². The molecular formula is C20H34O2. The van der Waals surface area contributed by atoms with Gasteiger partial charge in [0.05, 0.1) is 11.2 Å². The van der Waals surface area contributed by atoms with Crippen LogP contribution in [-0.2, 0) is 4.74 Å². The number of aliphatic hydroxyl groups is 1. The lowest BCUT2D eigenvalue weighted by Gasteiger charge is -2.61. The number of allylic oxidation sites excluding steroid dienone is 1. The van der Waals surface area contributed by atoms with Crippen LogP contribution in [0.2, 0.25) is 0 Å². The molecule has 2 fully saturated rings. The second kappa shape index (κ2) is 5.08. The molecule has 3 aliphatic rings. The fourth-order valence-corrected chi connectivity index (χ4v) is 6.15. The van der Waals surface area contributed by atoms with Gasteiger partial charge in [0.25, 0.3) is 0 Å². The summed E-state index contributed by atoms with van der Waals surface area (Å²) >= 11 is 0. The highest BCUT2D eigenvalue weighted by Gasteiger charge is 2.64. The van der Waals surface area contributed by atoms with Gasteiger partial charge in [0.15, 0.2) is 0 Å². The topological polar surface area (TPSA) is 29.5 Å². The molecule has 0 amide bonds. The molecule has 0 aromatic rings. The standard InChI is InChI=1S/C20H34O2/c1-15-7-8-16-17(2,3)9-6-10-19(16,5)20(15)12-11-18(4,22-20)13-14-21/h7,16,21H,6,8-14H2,1-5H3/t16-,18-,19-,20+/m0/s1. The number of hydrogen-bond donors (Lipinski definition) is 1. The van der Waals surface area contributed by atoms with E-state index in [0.29, 0.717) is 11.3 Å². The highest BCUT2D eigenvalue weighted by molar-refractivity contribution is 5.30. The Hall–Kier alpha value is -0.340. The first kappa shape index (κ1) is 16.5. The monoisotopic (exact) mass is 306 g/mol. The molecule has 0 bridgehead atoms. The molecule has 2 aliphatic carbocycles. The smallest absolute Gasteiger partial charge is 0.0953 e. The number of rotatable bonds is 2. The van der Waals surface area contributed by atoms with Gasteiger partial charge in [0.1, 0.15) is 0 Å². The summed E-state index contributed by atoms with van der Waals surface area (Å²) in [5, 5.41) is 9.43. The molecule has 2 nitrogen and oxygen atoms in total. The summed E-state index contributed by atoms with van der Waals surface area (Å²) < 4.78 is 6.87. The van der Waals surface area contributed by atoms with Gasteiger partial charge in [-0.1, -0.05) is 33.3 Å². The molecule has 1 N–H and O–H groups in total. The van der Waals surface area contributed by atoms with Gasteiger partial charge < -0.3 is 9.84 Å². The van der Waals surface area contributed by atoms with Crippen LogP contribution in [0.5, 0.6) is 0 Å². The maximum absolute atomic E-state index is 9.43. The van der Waals surface area contributed by atoms with Crippen molar-refractivity contribution in [2.45, 2.75) is 90.8 Å². The van der Waals surface area contributed by atoms with Crippen LogP contribution in [0, 0.1) is 16.7 Å². The minimum Gasteiger partial charge on any atom is -0.396 e. The van der Waals surface area contributed by atoms with Gasteiger partial charge in [-0.15, -0.1) is 0 Å². The summed E-state index contributed by atoms with van der Waals surface area (Å²) in [7, 11) is 0. The average Bonchev–Trinajstić information content (AvgIpc) is 2.76. The lowest BCUT2D eigenvalue weighted by atomic mass is 9.46. The van der Waals surface area contributed by atoms with Crippen molar-refractivity contribution in [2.75, 3.05) is 6.61 Å². The van der Waals surface area contributed by atoms with Crippen LogP contribution in [0.4, 0.5) is 0 Å². The Balaban J connectivity index is 2.03. The largest absolute Gasteiger partial charge is 0.396 e. The zero-order valence-electron chi connectivity index (χ0n) is 15.2. The third kappa shape index (κ3) is 2.13. The van der Waals surface area contributed by atoms with Crippen LogP contribution in [-0.4, -0.2) is 22.9 Å². The first-order valence-corrected chi connectivity index (χ1v) is 9.17. The van der Waals surface area contributed by atoms with Gasteiger partial charge in [0, 0.05) is 12.0 Å². The fraction of sp³-hybridized carbons (Fsp3) is 0.900. The highest BCUT2D eigenvalue weighted by Crippen LogP contribution is 2.66. The molecular weight excluding hydrogens is 272 g/mol. The maximum atomic E-state index is 9.43. The van der Waals surface area contributed by atoms with Crippen molar-refractivity contribution in [1.82, 2.24) is 0 Å². The molecule has 1 saturated carbocycles. The summed E-state index contributed by atoms with van der Waals surface area (Å²) in [6.07, 6.45) is 10.5. The summed E-state index contributed by atoms with van der Waals surface area (Å²) in [6.45, 7) is 12.1. The van der Waals surface area contributed by atoms with E-state index in [1.54, 1.807) is 0 Å². The van der Waals surface area contributed by atoms with Crippen LogP contribution < -0.4 is 0 Å². The van der Waals surface area contributed by atoms with Crippen LogP contribution in [0.25, 0.3) is 0 Å². The molecule has 3 rings (SSSR count). The summed E-state index contributed by atoms with van der Waals surface area (Å²) in [5.41, 5.74) is 1.83. The molecule has 2 heteroatoms. The van der Waals surface area contributed by atoms with E-state index >= 15 is 0 Å². The predicted molar refractivity (Wildman–Crippen MR) is 90.8 cm³/mol. The van der Waals surface area contributed by atoms with Crippen LogP contribution in [0.15, 0.2) is 11.6 Å². The molecule has 22 heavy (non-hydrogen) atoms. The van der Waals surface area contributed by atoms with Crippen LogP contribution >= 0.6 is 0 Å². The lowest BCUT2D eigenvalue weighted by Crippen LogP contribution is -2.59. The molecule has 4 atom stereocenters. The van der Waals surface area contributed by atoms with E-state index in [2.05, 4.69) is 40.7 Å². The minimum absolute atomic E-state index is 0.0997. The highest BCUT2D eigenvalue weighted by atomic mass is 16.5. The zero-order valence-corrected chi connectivity index (χ0v) is 15.2. The quantitative estimate of drug-likeness (QED) is 0.738. The molecule has 0 radical (unpaired) electrons. The normalized spacial score (nSPS) is 47.4. The molecule has 1 heterocycles. The van der Waals surface area contributed by atoms with Crippen LogP contribution in [0.1, 0.15) is 79.6 Å². The van der Waals surface area contributed by atoms with Crippen molar-refractivity contribution in [1.29, 1.82) is 0 Å². The maximum Gasteiger partial charge on any atom is 0.0953 e. The molecule has 1 aliphatic heterocycles. The average molecular weight is 306 g/mol. The Morgan fingerprint density at radius 2 is 1.86 bits per heavy atom. The Morgan fingerprint density at radius 1 is 1.14 bits per heavy atom. The first-order chi connectivity index (χ1) is 10.2. The van der Waals surface area contributed by atoms with E-state index in [9.17, 15) is 5.11 Å². The van der Waals surface area contributed by atoms with Gasteiger partial charge in [0.2, 0.25) is 0 Å². The van der Waals surface area contributed by atoms with Crippen LogP contribution in [0.3, 0.4) is 0 Å². The van der Waals surface area contributed by atoms with Crippen molar-refractivity contribution in [3.63, 3.8) is 0 Å². The molecule has 1 spiro atoms. The molecule has 0 aromatic heterocycles. The number of fused-ring (bicyclic) bond motifs is 2. The van der Waals surface area contributed by atoms with Gasteiger partial charge in [-0.3, -0.25) is 0 Å². The van der Waals surface area contributed by atoms with E-state index in [-0.39, 0.29) is 23.2 Å². The fourth-order valence-electron chi connectivity index (χ4n) is 6.15. The SMILES string of the molecule is CC1=CC[C@H]2C(C)(C)CCC[C@]2(C)[C@@]12CC[C@@](C)(CCO)O2. The molecule has 0 aromatic carbocycles. The zero-order chi connectivity index (χ0) is 16.2. The molecule has 0 unspecified atom stereocenters. The summed E-state index contributed by atoms with van der Waals surface area (Å²) in [5.74, 6) is 0.703. The lowest BCUT2D eigenvalue weighted by molar-refractivity contribution is -0.191. The number of aliphatic hydroxyl groups excluding tert-OH is 1. The summed E-state index contributed by atoms with van der Waals surface area (Å²) in [4.78, 5) is 0. The third-order valence-corrected chi connectivity index (χ3v) is 7.52. The van der Waals surface area contributed by atoms with Gasteiger partial charge >= 0.3 is 0 Å². The van der Waals surface area contributed by atoms with Gasteiger partial charge in [-0.25, -0.2) is 0 Å². The van der Waals surface area contributed by atoms with E-state index < -0.39 is 0 Å². The van der Waals surface area contributed by atoms with E-state index in [1.165, 1.54) is 31.3 Å². The summed E-state index contributed by atoms with van der Waals surface area (Å²) in [6, 6.07) is 0. The van der Waals surface area contributed by atoms with Crippen molar-refractivity contribution in [2.24, 2.45) is 16.7 Å². The second-order valence-electron chi connectivity index (χ2n) is 9.29. The van der Waals surface area contributed by atoms with Crippen molar-refractivity contribution >= 4 is 0 Å². The Kier molecular flexibility index (Phi) is 3.81. The predicted octanol–water partition coefficient (Wildman–Crippen LogP) is 4.86. The first-order valence-electron chi connectivity index (χ1n) is 9.17. The van der Waals surface area contributed by atoms with Crippen molar-refractivity contribution in [3.05, 3.63) is 11.6 Å². The minimum atomic E-state index is -0.156. The van der Waals surface area contributed by atoms with Crippen molar-refractivity contribution in [3.8, 4) is 0 Å². The number of hydrogen-bond acceptors (Lipinski definition) is 2. The second-order valence-corrected chi connectivity index (χ2v) is 9.29. The van der Waals surface area contributed by atoms with Crippen molar-refractivity contribution < 1.29 is 9.84 Å². The molecule has 1 saturated heterocycles. The van der Waals surface area contributed by atoms with Gasteiger partial charge in [-0.05, 0) is 69.3 Å². The Labute approximate surface area is 136 Å². The van der Waals surface area contributed by atoms with Gasteiger partial charge in [-0.2, -0.15) is 0 Å².